The second kappa shape index (κ2) is 5.66. The lowest BCUT2D eigenvalue weighted by Gasteiger charge is -2.18. The van der Waals surface area contributed by atoms with Gasteiger partial charge in [-0.05, 0) is 42.9 Å². The first kappa shape index (κ1) is 15.2. The molecule has 1 aromatic carbocycles. The molecule has 3 rings (SSSR count). The topological polar surface area (TPSA) is 46.3 Å². The van der Waals surface area contributed by atoms with Gasteiger partial charge in [-0.1, -0.05) is 0 Å². The third-order valence-corrected chi connectivity index (χ3v) is 4.37. The van der Waals surface area contributed by atoms with Crippen LogP contribution >= 0.6 is 12.4 Å². The van der Waals surface area contributed by atoms with Crippen molar-refractivity contribution in [3.05, 3.63) is 35.4 Å². The van der Waals surface area contributed by atoms with Crippen LogP contribution in [0, 0.1) is 23.5 Å². The summed E-state index contributed by atoms with van der Waals surface area (Å²) < 4.78 is 26.0. The van der Waals surface area contributed by atoms with Gasteiger partial charge in [-0.15, -0.1) is 12.4 Å². The highest BCUT2D eigenvalue weighted by Gasteiger charge is 2.42. The Bertz CT molecular complexity index is 526. The minimum Gasteiger partial charge on any atom is -0.338 e. The highest BCUT2D eigenvalue weighted by molar-refractivity contribution is 5.94. The number of hydrogen-bond acceptors (Lipinski definition) is 2. The number of halogens is 3. The minimum absolute atomic E-state index is 0. The van der Waals surface area contributed by atoms with Crippen molar-refractivity contribution >= 4 is 18.3 Å². The lowest BCUT2D eigenvalue weighted by atomic mass is 9.98. The maximum Gasteiger partial charge on any atom is 0.253 e. The molecule has 0 radical (unpaired) electrons. The number of fused-ring (bicyclic) bond motifs is 1. The number of likely N-dealkylation sites (tertiary alicyclic amines) is 1. The van der Waals surface area contributed by atoms with Gasteiger partial charge >= 0.3 is 0 Å². The van der Waals surface area contributed by atoms with Gasteiger partial charge in [-0.25, -0.2) is 8.78 Å². The molecule has 2 aliphatic rings. The second-order valence-electron chi connectivity index (χ2n) is 5.50. The first-order chi connectivity index (χ1) is 9.06. The standard InChI is InChI=1S/C14H16F2N2O.ClH/c15-11-3-1-8(5-12(11)16)14(19)18-6-9-2-4-13(17)10(9)7-18;/h1,3,5,9-10,13H,2,4,6-7,17H2;1H. The van der Waals surface area contributed by atoms with Gasteiger partial charge in [0.2, 0.25) is 0 Å². The molecule has 1 saturated carbocycles. The summed E-state index contributed by atoms with van der Waals surface area (Å²) in [5.74, 6) is -1.34. The molecule has 1 saturated heterocycles. The molecule has 1 aliphatic carbocycles. The van der Waals surface area contributed by atoms with Gasteiger partial charge in [0.1, 0.15) is 0 Å². The summed E-state index contributed by atoms with van der Waals surface area (Å²) in [5.41, 5.74) is 6.22. The van der Waals surface area contributed by atoms with E-state index in [1.807, 2.05) is 0 Å². The molecule has 110 valence electrons. The first-order valence-electron chi connectivity index (χ1n) is 6.56. The molecule has 1 aliphatic heterocycles. The number of nitrogens with two attached hydrogens (primary N) is 1. The predicted octanol–water partition coefficient (Wildman–Crippen LogP) is 2.20. The second-order valence-corrected chi connectivity index (χ2v) is 5.50. The molecule has 1 heterocycles. The highest BCUT2D eigenvalue weighted by atomic mass is 35.5. The Hall–Kier alpha value is -1.20. The summed E-state index contributed by atoms with van der Waals surface area (Å²) in [4.78, 5) is 14.0. The van der Waals surface area contributed by atoms with Gasteiger partial charge in [0, 0.05) is 24.7 Å². The summed E-state index contributed by atoms with van der Waals surface area (Å²) in [6, 6.07) is 3.44. The van der Waals surface area contributed by atoms with E-state index in [2.05, 4.69) is 0 Å². The Labute approximate surface area is 122 Å². The van der Waals surface area contributed by atoms with Gasteiger partial charge in [0.15, 0.2) is 11.6 Å². The zero-order chi connectivity index (χ0) is 13.6. The van der Waals surface area contributed by atoms with E-state index in [1.165, 1.54) is 6.07 Å². The fraction of sp³-hybridized carbons (Fsp3) is 0.500. The molecule has 2 fully saturated rings. The largest absolute Gasteiger partial charge is 0.338 e. The number of nitrogens with zero attached hydrogens (tertiary/aromatic N) is 1. The van der Waals surface area contributed by atoms with Crippen LogP contribution in [0.2, 0.25) is 0 Å². The van der Waals surface area contributed by atoms with Crippen LogP contribution in [0.4, 0.5) is 8.78 Å². The van der Waals surface area contributed by atoms with E-state index in [1.54, 1.807) is 4.90 Å². The number of rotatable bonds is 1. The summed E-state index contributed by atoms with van der Waals surface area (Å²) >= 11 is 0. The molecule has 3 atom stereocenters. The molecular formula is C14H17ClF2N2O. The van der Waals surface area contributed by atoms with Crippen LogP contribution in [0.3, 0.4) is 0 Å². The van der Waals surface area contributed by atoms with Crippen LogP contribution in [0.25, 0.3) is 0 Å². The SMILES string of the molecule is Cl.NC1CCC2CN(C(=O)c3ccc(F)c(F)c3)CC12. The Balaban J connectivity index is 0.00000147. The van der Waals surface area contributed by atoms with Crippen LogP contribution in [0.1, 0.15) is 23.2 Å². The third-order valence-electron chi connectivity index (χ3n) is 4.37. The fourth-order valence-corrected chi connectivity index (χ4v) is 3.29. The van der Waals surface area contributed by atoms with Gasteiger partial charge in [0.25, 0.3) is 5.91 Å². The monoisotopic (exact) mass is 302 g/mol. The molecule has 3 nitrogen and oxygen atoms in total. The molecular weight excluding hydrogens is 286 g/mol. The van der Waals surface area contributed by atoms with Crippen molar-refractivity contribution in [3.8, 4) is 0 Å². The first-order valence-corrected chi connectivity index (χ1v) is 6.56. The van der Waals surface area contributed by atoms with Crippen LogP contribution in [0.15, 0.2) is 18.2 Å². The summed E-state index contributed by atoms with van der Waals surface area (Å²) in [6.45, 7) is 1.31. The zero-order valence-corrected chi connectivity index (χ0v) is 11.7. The van der Waals surface area contributed by atoms with E-state index in [0.29, 0.717) is 24.9 Å². The zero-order valence-electron chi connectivity index (χ0n) is 10.9. The van der Waals surface area contributed by atoms with E-state index in [4.69, 9.17) is 5.73 Å². The number of amides is 1. The molecule has 1 amide bonds. The average Bonchev–Trinajstić information content (AvgIpc) is 2.95. The molecule has 0 bridgehead atoms. The Morgan fingerprint density at radius 1 is 1.20 bits per heavy atom. The van der Waals surface area contributed by atoms with E-state index in [9.17, 15) is 13.6 Å². The van der Waals surface area contributed by atoms with E-state index in [0.717, 1.165) is 25.0 Å². The molecule has 6 heteroatoms. The molecule has 0 spiro atoms. The fourth-order valence-electron chi connectivity index (χ4n) is 3.29. The van der Waals surface area contributed by atoms with Gasteiger partial charge in [0.05, 0.1) is 0 Å². The van der Waals surface area contributed by atoms with Crippen molar-refractivity contribution < 1.29 is 13.6 Å². The van der Waals surface area contributed by atoms with Crippen molar-refractivity contribution in [2.24, 2.45) is 17.6 Å². The smallest absolute Gasteiger partial charge is 0.253 e. The van der Waals surface area contributed by atoms with E-state index in [-0.39, 0.29) is 29.9 Å². The van der Waals surface area contributed by atoms with Crippen molar-refractivity contribution in [2.45, 2.75) is 18.9 Å². The number of hydrogen-bond donors (Lipinski definition) is 1. The van der Waals surface area contributed by atoms with Crippen LogP contribution in [-0.2, 0) is 0 Å². The quantitative estimate of drug-likeness (QED) is 0.864. The summed E-state index contributed by atoms with van der Waals surface area (Å²) in [7, 11) is 0. The normalized spacial score (nSPS) is 28.1. The summed E-state index contributed by atoms with van der Waals surface area (Å²) in [6.07, 6.45) is 2.07. The molecule has 1 aromatic rings. The Kier molecular flexibility index (Phi) is 4.30. The van der Waals surface area contributed by atoms with Crippen molar-refractivity contribution in [1.29, 1.82) is 0 Å². The Morgan fingerprint density at radius 3 is 2.60 bits per heavy atom. The molecule has 3 unspecified atom stereocenters. The van der Waals surface area contributed by atoms with E-state index >= 15 is 0 Å². The number of carbonyl (C=O) groups excluding carboxylic acids is 1. The Morgan fingerprint density at radius 2 is 1.95 bits per heavy atom. The number of benzene rings is 1. The predicted molar refractivity (Wildman–Crippen MR) is 73.7 cm³/mol. The van der Waals surface area contributed by atoms with Crippen LogP contribution in [0.5, 0.6) is 0 Å². The summed E-state index contributed by atoms with van der Waals surface area (Å²) in [5, 5.41) is 0. The molecule has 0 aromatic heterocycles. The lowest BCUT2D eigenvalue weighted by molar-refractivity contribution is 0.0779. The van der Waals surface area contributed by atoms with E-state index < -0.39 is 11.6 Å². The van der Waals surface area contributed by atoms with Crippen LogP contribution in [-0.4, -0.2) is 29.9 Å². The maximum atomic E-state index is 13.2. The van der Waals surface area contributed by atoms with Crippen molar-refractivity contribution in [3.63, 3.8) is 0 Å². The lowest BCUT2D eigenvalue weighted by Crippen LogP contribution is -2.33. The molecule has 20 heavy (non-hydrogen) atoms. The third kappa shape index (κ3) is 2.52. The van der Waals surface area contributed by atoms with Crippen molar-refractivity contribution in [1.82, 2.24) is 4.90 Å². The van der Waals surface area contributed by atoms with Gasteiger partial charge < -0.3 is 10.6 Å². The average molecular weight is 303 g/mol. The maximum absolute atomic E-state index is 13.2. The minimum atomic E-state index is -0.984. The number of carbonyl (C=O) groups is 1. The van der Waals surface area contributed by atoms with Gasteiger partial charge in [-0.2, -0.15) is 0 Å². The van der Waals surface area contributed by atoms with Crippen molar-refractivity contribution in [2.75, 3.05) is 13.1 Å². The van der Waals surface area contributed by atoms with Crippen LogP contribution < -0.4 is 5.73 Å². The molecule has 2 N–H and O–H groups in total. The highest BCUT2D eigenvalue weighted by Crippen LogP contribution is 2.37. The van der Waals surface area contributed by atoms with Gasteiger partial charge in [-0.3, -0.25) is 4.79 Å².